The third-order valence-electron chi connectivity index (χ3n) is 3.67. The highest BCUT2D eigenvalue weighted by Gasteiger charge is 2.26. The van der Waals surface area contributed by atoms with Crippen molar-refractivity contribution in [2.45, 2.75) is 50.8 Å². The molecule has 0 radical (unpaired) electrons. The molecular weight excluding hydrogens is 231 g/mol. The fourth-order valence-electron chi connectivity index (χ4n) is 2.60. The minimum Gasteiger partial charge on any atom is -0.381 e. The van der Waals surface area contributed by atoms with Gasteiger partial charge in [-0.1, -0.05) is 6.92 Å². The van der Waals surface area contributed by atoms with Crippen LogP contribution < -0.4 is 5.32 Å². The Labute approximate surface area is 108 Å². The monoisotopic (exact) mass is 252 g/mol. The van der Waals surface area contributed by atoms with Gasteiger partial charge in [0, 0.05) is 19.2 Å². The summed E-state index contributed by atoms with van der Waals surface area (Å²) in [5, 5.41) is 3.60. The first-order chi connectivity index (χ1) is 8.72. The van der Waals surface area contributed by atoms with E-state index in [2.05, 4.69) is 17.2 Å². The summed E-state index contributed by atoms with van der Waals surface area (Å²) in [6, 6.07) is 3.91. The Morgan fingerprint density at radius 3 is 2.89 bits per heavy atom. The number of nitrogens with one attached hydrogen (secondary N) is 1. The predicted molar refractivity (Wildman–Crippen MR) is 68.8 cm³/mol. The lowest BCUT2D eigenvalue weighted by Crippen LogP contribution is -2.31. The number of methoxy groups -OCH3 is 1. The van der Waals surface area contributed by atoms with Crippen LogP contribution in [0.25, 0.3) is 0 Å². The molecule has 0 aromatic carbocycles. The molecule has 3 atom stereocenters. The molecule has 1 aromatic heterocycles. The summed E-state index contributed by atoms with van der Waals surface area (Å²) in [6.07, 6.45) is 5.91. The van der Waals surface area contributed by atoms with E-state index in [1.54, 1.807) is 13.2 Å². The number of hydrogen-bond donors (Lipinski definition) is 1. The maximum Gasteiger partial charge on any atom is 0.141 e. The average Bonchev–Trinajstić information content (AvgIpc) is 2.85. The van der Waals surface area contributed by atoms with Crippen LogP contribution >= 0.6 is 0 Å². The molecule has 0 spiro atoms. The number of halogens is 1. The predicted octanol–water partition coefficient (Wildman–Crippen LogP) is 2.83. The first kappa shape index (κ1) is 13.4. The smallest absolute Gasteiger partial charge is 0.141 e. The van der Waals surface area contributed by atoms with Crippen molar-refractivity contribution in [3.8, 4) is 0 Å². The van der Waals surface area contributed by atoms with Crippen LogP contribution in [0.15, 0.2) is 18.3 Å². The summed E-state index contributed by atoms with van der Waals surface area (Å²) in [5.74, 6) is -0.283. The van der Waals surface area contributed by atoms with E-state index in [9.17, 15) is 4.39 Å². The molecule has 0 bridgehead atoms. The van der Waals surface area contributed by atoms with Crippen LogP contribution in [0.2, 0.25) is 0 Å². The molecule has 100 valence electrons. The number of ether oxygens (including phenoxy) is 1. The van der Waals surface area contributed by atoms with Crippen molar-refractivity contribution in [1.82, 2.24) is 10.3 Å². The van der Waals surface area contributed by atoms with E-state index < -0.39 is 0 Å². The standard InChI is InChI=1S/C14H21FN2O/c1-3-13(14-7-4-10(15)9-16-14)17-11-5-6-12(8-11)18-2/h4,7,9,11-13,17H,3,5-6,8H2,1-2H3. The van der Waals surface area contributed by atoms with Crippen molar-refractivity contribution >= 4 is 0 Å². The van der Waals surface area contributed by atoms with Gasteiger partial charge in [-0.25, -0.2) is 4.39 Å². The summed E-state index contributed by atoms with van der Waals surface area (Å²) in [4.78, 5) is 4.16. The van der Waals surface area contributed by atoms with Crippen LogP contribution in [0.5, 0.6) is 0 Å². The highest BCUT2D eigenvalue weighted by atomic mass is 19.1. The first-order valence-electron chi connectivity index (χ1n) is 6.63. The molecule has 4 heteroatoms. The van der Waals surface area contributed by atoms with E-state index in [4.69, 9.17) is 4.74 Å². The van der Waals surface area contributed by atoms with E-state index in [-0.39, 0.29) is 11.9 Å². The SMILES string of the molecule is CCC(NC1CCC(OC)C1)c1ccc(F)cn1. The lowest BCUT2D eigenvalue weighted by atomic mass is 10.1. The van der Waals surface area contributed by atoms with E-state index >= 15 is 0 Å². The summed E-state index contributed by atoms with van der Waals surface area (Å²) in [6.45, 7) is 2.12. The van der Waals surface area contributed by atoms with Gasteiger partial charge in [0.15, 0.2) is 0 Å². The van der Waals surface area contributed by atoms with Crippen LogP contribution in [-0.2, 0) is 4.74 Å². The van der Waals surface area contributed by atoms with Crippen molar-refractivity contribution in [2.75, 3.05) is 7.11 Å². The number of aromatic nitrogens is 1. The molecule has 2 rings (SSSR count). The summed E-state index contributed by atoms with van der Waals surface area (Å²) >= 11 is 0. The third-order valence-corrected chi connectivity index (χ3v) is 3.67. The fraction of sp³-hybridized carbons (Fsp3) is 0.643. The number of pyridine rings is 1. The van der Waals surface area contributed by atoms with Gasteiger partial charge in [-0.3, -0.25) is 4.98 Å². The van der Waals surface area contributed by atoms with Gasteiger partial charge in [0.05, 0.1) is 18.0 Å². The lowest BCUT2D eigenvalue weighted by Gasteiger charge is -2.21. The molecule has 0 amide bonds. The van der Waals surface area contributed by atoms with Crippen molar-refractivity contribution in [3.63, 3.8) is 0 Å². The maximum atomic E-state index is 12.9. The van der Waals surface area contributed by atoms with Gasteiger partial charge >= 0.3 is 0 Å². The van der Waals surface area contributed by atoms with Crippen molar-refractivity contribution in [2.24, 2.45) is 0 Å². The molecule has 0 aliphatic heterocycles. The lowest BCUT2D eigenvalue weighted by molar-refractivity contribution is 0.106. The largest absolute Gasteiger partial charge is 0.381 e. The maximum absolute atomic E-state index is 12.9. The Hall–Kier alpha value is -1.00. The number of rotatable bonds is 5. The van der Waals surface area contributed by atoms with Gasteiger partial charge in [0.25, 0.3) is 0 Å². The minimum absolute atomic E-state index is 0.200. The normalized spacial score (nSPS) is 25.3. The molecule has 1 aliphatic carbocycles. The van der Waals surface area contributed by atoms with E-state index in [1.807, 2.05) is 0 Å². The van der Waals surface area contributed by atoms with E-state index in [0.29, 0.717) is 12.1 Å². The van der Waals surface area contributed by atoms with Gasteiger partial charge in [0.2, 0.25) is 0 Å². The second-order valence-electron chi connectivity index (χ2n) is 4.90. The third kappa shape index (κ3) is 3.27. The highest BCUT2D eigenvalue weighted by molar-refractivity contribution is 5.10. The van der Waals surface area contributed by atoms with Gasteiger partial charge in [-0.15, -0.1) is 0 Å². The minimum atomic E-state index is -0.283. The quantitative estimate of drug-likeness (QED) is 0.875. The van der Waals surface area contributed by atoms with Gasteiger partial charge in [0.1, 0.15) is 5.82 Å². The molecule has 1 N–H and O–H groups in total. The Balaban J connectivity index is 1.95. The van der Waals surface area contributed by atoms with Gasteiger partial charge in [-0.2, -0.15) is 0 Å². The summed E-state index contributed by atoms with van der Waals surface area (Å²) < 4.78 is 18.2. The molecule has 0 saturated heterocycles. The van der Waals surface area contributed by atoms with E-state index in [1.165, 1.54) is 12.3 Å². The zero-order valence-corrected chi connectivity index (χ0v) is 11.0. The Bertz CT molecular complexity index is 369. The molecule has 1 heterocycles. The topological polar surface area (TPSA) is 34.1 Å². The second kappa shape index (κ2) is 6.25. The molecule has 3 unspecified atom stereocenters. The van der Waals surface area contributed by atoms with E-state index in [0.717, 1.165) is 31.4 Å². The van der Waals surface area contributed by atoms with Crippen LogP contribution in [0.4, 0.5) is 4.39 Å². The van der Waals surface area contributed by atoms with Crippen LogP contribution in [0.1, 0.15) is 44.3 Å². The highest BCUT2D eigenvalue weighted by Crippen LogP contribution is 2.25. The number of nitrogens with zero attached hydrogens (tertiary/aromatic N) is 1. The van der Waals surface area contributed by atoms with Crippen LogP contribution in [-0.4, -0.2) is 24.2 Å². The molecule has 1 aromatic rings. The Morgan fingerprint density at radius 2 is 2.33 bits per heavy atom. The molecule has 1 fully saturated rings. The summed E-state index contributed by atoms with van der Waals surface area (Å²) in [5.41, 5.74) is 0.916. The van der Waals surface area contributed by atoms with Crippen LogP contribution in [0.3, 0.4) is 0 Å². The fourth-order valence-corrected chi connectivity index (χ4v) is 2.60. The summed E-state index contributed by atoms with van der Waals surface area (Å²) in [7, 11) is 1.77. The molecule has 3 nitrogen and oxygen atoms in total. The molecular formula is C14H21FN2O. The van der Waals surface area contributed by atoms with Crippen LogP contribution in [0, 0.1) is 5.82 Å². The van der Waals surface area contributed by atoms with Crippen molar-refractivity contribution in [3.05, 3.63) is 29.8 Å². The second-order valence-corrected chi connectivity index (χ2v) is 4.90. The Morgan fingerprint density at radius 1 is 1.50 bits per heavy atom. The van der Waals surface area contributed by atoms with Gasteiger partial charge < -0.3 is 10.1 Å². The zero-order chi connectivity index (χ0) is 13.0. The molecule has 1 aliphatic rings. The Kier molecular flexibility index (Phi) is 4.66. The van der Waals surface area contributed by atoms with Crippen molar-refractivity contribution < 1.29 is 9.13 Å². The molecule has 18 heavy (non-hydrogen) atoms. The molecule has 1 saturated carbocycles. The number of hydrogen-bond acceptors (Lipinski definition) is 3. The zero-order valence-electron chi connectivity index (χ0n) is 11.0. The average molecular weight is 252 g/mol. The van der Waals surface area contributed by atoms with Crippen molar-refractivity contribution in [1.29, 1.82) is 0 Å². The first-order valence-corrected chi connectivity index (χ1v) is 6.63. The van der Waals surface area contributed by atoms with Gasteiger partial charge in [-0.05, 0) is 37.8 Å².